The van der Waals surface area contributed by atoms with Gasteiger partial charge in [0.2, 0.25) is 11.5 Å². The Hall–Kier alpha value is -1.84. The van der Waals surface area contributed by atoms with Crippen molar-refractivity contribution in [3.63, 3.8) is 0 Å². The average Bonchev–Trinajstić information content (AvgIpc) is 2.26. The van der Waals surface area contributed by atoms with E-state index in [1.807, 2.05) is 19.9 Å². The molecule has 0 fully saturated rings. The molecule has 1 heterocycles. The molecule has 0 unspecified atom stereocenters. The van der Waals surface area contributed by atoms with E-state index in [1.54, 1.807) is 6.07 Å². The fourth-order valence-corrected chi connectivity index (χ4v) is 1.32. The number of carbonyl (C=O) groups excluding carboxylic acids is 1. The molecule has 0 aliphatic carbocycles. The van der Waals surface area contributed by atoms with E-state index >= 15 is 0 Å². The molecule has 1 amide bonds. The Morgan fingerprint density at radius 2 is 2.25 bits per heavy atom. The number of H-pyrrole nitrogens is 1. The smallest absolute Gasteiger partial charge is 0.248 e. The molecular formula is C12H16N2O2. The van der Waals surface area contributed by atoms with Gasteiger partial charge in [0, 0.05) is 23.7 Å². The van der Waals surface area contributed by atoms with Gasteiger partial charge in [-0.1, -0.05) is 26.5 Å². The lowest BCUT2D eigenvalue weighted by Crippen LogP contribution is -2.37. The van der Waals surface area contributed by atoms with Crippen LogP contribution in [0.1, 0.15) is 19.5 Å². The molecule has 1 aromatic rings. The topological polar surface area (TPSA) is 62.0 Å². The maximum atomic E-state index is 11.2. The summed E-state index contributed by atoms with van der Waals surface area (Å²) in [7, 11) is 0. The van der Waals surface area contributed by atoms with Crippen LogP contribution in [0, 0.1) is 0 Å². The highest BCUT2D eigenvalue weighted by Crippen LogP contribution is 2.18. The van der Waals surface area contributed by atoms with Crippen LogP contribution >= 0.6 is 0 Å². The van der Waals surface area contributed by atoms with Crippen molar-refractivity contribution in [2.75, 3.05) is 6.54 Å². The molecule has 1 aromatic heterocycles. The van der Waals surface area contributed by atoms with Crippen LogP contribution in [0.15, 0.2) is 35.6 Å². The van der Waals surface area contributed by atoms with E-state index in [0.29, 0.717) is 6.54 Å². The molecule has 4 heteroatoms. The molecule has 0 aliphatic heterocycles. The quantitative estimate of drug-likeness (QED) is 0.742. The monoisotopic (exact) mass is 220 g/mol. The van der Waals surface area contributed by atoms with Crippen LogP contribution < -0.4 is 10.9 Å². The number of nitrogens with one attached hydrogen (secondary N) is 2. The summed E-state index contributed by atoms with van der Waals surface area (Å²) in [5.74, 6) is -0.216. The fourth-order valence-electron chi connectivity index (χ4n) is 1.32. The molecule has 0 bridgehead atoms. The number of carbonyl (C=O) groups is 1. The first-order valence-corrected chi connectivity index (χ1v) is 5.06. The molecule has 0 radical (unpaired) electrons. The van der Waals surface area contributed by atoms with E-state index < -0.39 is 0 Å². The molecule has 0 spiro atoms. The van der Waals surface area contributed by atoms with Gasteiger partial charge in [-0.05, 0) is 12.1 Å². The van der Waals surface area contributed by atoms with Crippen LogP contribution in [0.4, 0.5) is 0 Å². The summed E-state index contributed by atoms with van der Waals surface area (Å²) >= 11 is 0. The minimum Gasteiger partial charge on any atom is -0.352 e. The van der Waals surface area contributed by atoms with E-state index in [1.165, 1.54) is 12.1 Å². The van der Waals surface area contributed by atoms with E-state index in [2.05, 4.69) is 16.9 Å². The lowest BCUT2D eigenvalue weighted by Gasteiger charge is -2.24. The minimum atomic E-state index is -0.320. The van der Waals surface area contributed by atoms with E-state index in [9.17, 15) is 9.59 Å². The first-order chi connectivity index (χ1) is 7.45. The molecular weight excluding hydrogens is 204 g/mol. The number of amides is 1. The van der Waals surface area contributed by atoms with Crippen LogP contribution in [0.25, 0.3) is 0 Å². The van der Waals surface area contributed by atoms with Gasteiger partial charge in [0.1, 0.15) is 0 Å². The van der Waals surface area contributed by atoms with Gasteiger partial charge in [0.25, 0.3) is 0 Å². The highest BCUT2D eigenvalue weighted by molar-refractivity contribution is 5.86. The van der Waals surface area contributed by atoms with E-state index in [4.69, 9.17) is 0 Å². The number of rotatable bonds is 4. The fraction of sp³-hybridized carbons (Fsp3) is 0.333. The van der Waals surface area contributed by atoms with Gasteiger partial charge in [-0.3, -0.25) is 9.59 Å². The summed E-state index contributed by atoms with van der Waals surface area (Å²) in [4.78, 5) is 25.0. The molecule has 2 N–H and O–H groups in total. The van der Waals surface area contributed by atoms with Crippen molar-refractivity contribution in [3.8, 4) is 0 Å². The van der Waals surface area contributed by atoms with Crippen molar-refractivity contribution in [1.82, 2.24) is 10.3 Å². The van der Waals surface area contributed by atoms with Gasteiger partial charge in [0.15, 0.2) is 0 Å². The molecule has 0 aliphatic rings. The van der Waals surface area contributed by atoms with Crippen molar-refractivity contribution in [2.45, 2.75) is 19.3 Å². The Morgan fingerprint density at radius 3 is 2.81 bits per heavy atom. The molecule has 0 atom stereocenters. The Balaban J connectivity index is 2.81. The molecule has 0 saturated heterocycles. The molecule has 1 rings (SSSR count). The third-order valence-corrected chi connectivity index (χ3v) is 2.39. The third kappa shape index (κ3) is 3.08. The van der Waals surface area contributed by atoms with Crippen LogP contribution in [-0.2, 0) is 10.2 Å². The predicted octanol–water partition coefficient (Wildman–Crippen LogP) is 0.955. The van der Waals surface area contributed by atoms with E-state index in [0.717, 1.165) is 5.69 Å². The Kier molecular flexibility index (Phi) is 3.66. The molecule has 86 valence electrons. The second kappa shape index (κ2) is 4.79. The SMILES string of the molecule is C=CC(=O)NCC(C)(C)c1cccc(=O)[nH]1. The lowest BCUT2D eigenvalue weighted by molar-refractivity contribution is -0.116. The molecule has 4 nitrogen and oxygen atoms in total. The number of aromatic nitrogens is 1. The standard InChI is InChI=1S/C12H16N2O2/c1-4-10(15)13-8-12(2,3)9-6-5-7-11(16)14-9/h4-7H,1,8H2,2-3H3,(H,13,15)(H,14,16). The van der Waals surface area contributed by atoms with Crippen molar-refractivity contribution in [3.05, 3.63) is 46.9 Å². The zero-order chi connectivity index (χ0) is 12.2. The van der Waals surface area contributed by atoms with Gasteiger partial charge in [0.05, 0.1) is 0 Å². The number of aromatic amines is 1. The van der Waals surface area contributed by atoms with Crippen molar-refractivity contribution < 1.29 is 4.79 Å². The van der Waals surface area contributed by atoms with Crippen LogP contribution in [0.5, 0.6) is 0 Å². The number of hydrogen-bond acceptors (Lipinski definition) is 2. The zero-order valence-electron chi connectivity index (χ0n) is 9.54. The van der Waals surface area contributed by atoms with Gasteiger partial charge in [-0.2, -0.15) is 0 Å². The van der Waals surface area contributed by atoms with Gasteiger partial charge >= 0.3 is 0 Å². The second-order valence-electron chi connectivity index (χ2n) is 4.23. The average molecular weight is 220 g/mol. The zero-order valence-corrected chi connectivity index (χ0v) is 9.54. The Morgan fingerprint density at radius 1 is 1.56 bits per heavy atom. The first-order valence-electron chi connectivity index (χ1n) is 5.06. The number of hydrogen-bond donors (Lipinski definition) is 2. The predicted molar refractivity (Wildman–Crippen MR) is 63.3 cm³/mol. The molecule has 0 saturated carbocycles. The Labute approximate surface area is 94.4 Å². The largest absolute Gasteiger partial charge is 0.352 e. The minimum absolute atomic E-state index is 0.138. The van der Waals surface area contributed by atoms with Gasteiger partial charge < -0.3 is 10.3 Å². The maximum Gasteiger partial charge on any atom is 0.248 e. The van der Waals surface area contributed by atoms with Crippen molar-refractivity contribution in [1.29, 1.82) is 0 Å². The third-order valence-electron chi connectivity index (χ3n) is 2.39. The van der Waals surface area contributed by atoms with Crippen LogP contribution in [0.3, 0.4) is 0 Å². The molecule has 16 heavy (non-hydrogen) atoms. The number of pyridine rings is 1. The highest BCUT2D eigenvalue weighted by Gasteiger charge is 2.21. The summed E-state index contributed by atoms with van der Waals surface area (Å²) in [6.07, 6.45) is 1.23. The summed E-state index contributed by atoms with van der Waals surface area (Å²) < 4.78 is 0. The van der Waals surface area contributed by atoms with Crippen molar-refractivity contribution in [2.24, 2.45) is 0 Å². The van der Waals surface area contributed by atoms with Gasteiger partial charge in [-0.15, -0.1) is 0 Å². The Bertz CT molecular complexity index is 446. The summed E-state index contributed by atoms with van der Waals surface area (Å²) in [5, 5.41) is 2.71. The van der Waals surface area contributed by atoms with Crippen molar-refractivity contribution >= 4 is 5.91 Å². The van der Waals surface area contributed by atoms with E-state index in [-0.39, 0.29) is 16.9 Å². The summed E-state index contributed by atoms with van der Waals surface area (Å²) in [5.41, 5.74) is 0.337. The summed E-state index contributed by atoms with van der Waals surface area (Å²) in [6, 6.07) is 4.99. The van der Waals surface area contributed by atoms with Crippen LogP contribution in [0.2, 0.25) is 0 Å². The summed E-state index contributed by atoms with van der Waals surface area (Å²) in [6.45, 7) is 7.71. The van der Waals surface area contributed by atoms with Gasteiger partial charge in [-0.25, -0.2) is 0 Å². The lowest BCUT2D eigenvalue weighted by atomic mass is 9.88. The molecule has 0 aromatic carbocycles. The first kappa shape index (κ1) is 12.2. The normalized spacial score (nSPS) is 10.9. The maximum absolute atomic E-state index is 11.2. The second-order valence-corrected chi connectivity index (χ2v) is 4.23. The van der Waals surface area contributed by atoms with Crippen LogP contribution in [-0.4, -0.2) is 17.4 Å². The highest BCUT2D eigenvalue weighted by atomic mass is 16.1.